The van der Waals surface area contributed by atoms with Gasteiger partial charge in [-0.25, -0.2) is 4.98 Å². The second-order valence-electron chi connectivity index (χ2n) is 5.17. The van der Waals surface area contributed by atoms with Crippen LogP contribution in [-0.4, -0.2) is 35.5 Å². The van der Waals surface area contributed by atoms with Gasteiger partial charge in [0.25, 0.3) is 0 Å². The first-order chi connectivity index (χ1) is 10.2. The summed E-state index contributed by atoms with van der Waals surface area (Å²) in [7, 11) is 0. The van der Waals surface area contributed by atoms with E-state index in [9.17, 15) is 4.79 Å². The number of hydrogen-bond donors (Lipinski definition) is 0. The number of amides is 1. The van der Waals surface area contributed by atoms with Crippen LogP contribution in [0.25, 0.3) is 10.9 Å². The summed E-state index contributed by atoms with van der Waals surface area (Å²) in [5.74, 6) is 0.905. The van der Waals surface area contributed by atoms with Crippen molar-refractivity contribution in [2.45, 2.75) is 19.3 Å². The minimum Gasteiger partial charge on any atom is -0.478 e. The van der Waals surface area contributed by atoms with Crippen molar-refractivity contribution < 1.29 is 9.53 Å². The number of nitrogens with zero attached hydrogens (tertiary/aromatic N) is 2. The van der Waals surface area contributed by atoms with Crippen molar-refractivity contribution in [1.82, 2.24) is 9.88 Å². The minimum absolute atomic E-state index is 0.268. The van der Waals surface area contributed by atoms with Gasteiger partial charge in [-0.15, -0.1) is 0 Å². The highest BCUT2D eigenvalue weighted by molar-refractivity contribution is 9.10. The van der Waals surface area contributed by atoms with Crippen molar-refractivity contribution in [2.75, 3.05) is 19.7 Å². The molecule has 0 spiro atoms. The van der Waals surface area contributed by atoms with Crippen LogP contribution in [0.1, 0.15) is 19.3 Å². The molecule has 110 valence electrons. The Balaban J connectivity index is 1.53. The highest BCUT2D eigenvalue weighted by Gasteiger charge is 2.18. The van der Waals surface area contributed by atoms with E-state index < -0.39 is 0 Å². The molecule has 1 amide bonds. The van der Waals surface area contributed by atoms with E-state index in [1.165, 1.54) is 0 Å². The smallest absolute Gasteiger partial charge is 0.222 e. The number of benzene rings is 1. The first kappa shape index (κ1) is 14.3. The van der Waals surface area contributed by atoms with Gasteiger partial charge in [0.15, 0.2) is 0 Å². The third-order valence-electron chi connectivity index (χ3n) is 3.62. The predicted molar refractivity (Wildman–Crippen MR) is 85.4 cm³/mol. The molecule has 0 saturated carbocycles. The number of aromatic nitrogens is 1. The fourth-order valence-corrected chi connectivity index (χ4v) is 2.91. The van der Waals surface area contributed by atoms with E-state index in [0.717, 1.165) is 41.3 Å². The zero-order valence-electron chi connectivity index (χ0n) is 11.7. The Bertz CT molecular complexity index is 660. The van der Waals surface area contributed by atoms with E-state index >= 15 is 0 Å². The molecule has 0 bridgehead atoms. The first-order valence-electron chi connectivity index (χ1n) is 7.19. The summed E-state index contributed by atoms with van der Waals surface area (Å²) < 4.78 is 6.72. The molecule has 21 heavy (non-hydrogen) atoms. The summed E-state index contributed by atoms with van der Waals surface area (Å²) in [5.41, 5.74) is 0.922. The number of carbonyl (C=O) groups excluding carboxylic acids is 1. The molecule has 3 rings (SSSR count). The van der Waals surface area contributed by atoms with Gasteiger partial charge in [0.2, 0.25) is 11.8 Å². The lowest BCUT2D eigenvalue weighted by atomic mass is 10.2. The Morgan fingerprint density at radius 1 is 1.29 bits per heavy atom. The average molecular weight is 349 g/mol. The monoisotopic (exact) mass is 348 g/mol. The van der Waals surface area contributed by atoms with Gasteiger partial charge in [-0.2, -0.15) is 0 Å². The summed E-state index contributed by atoms with van der Waals surface area (Å²) >= 11 is 3.45. The Morgan fingerprint density at radius 3 is 3.00 bits per heavy atom. The van der Waals surface area contributed by atoms with Gasteiger partial charge >= 0.3 is 0 Å². The molecule has 0 unspecified atom stereocenters. The molecular formula is C16H17BrN2O2. The van der Waals surface area contributed by atoms with Gasteiger partial charge in [-0.1, -0.05) is 15.9 Å². The van der Waals surface area contributed by atoms with Crippen molar-refractivity contribution in [3.8, 4) is 5.88 Å². The maximum Gasteiger partial charge on any atom is 0.222 e. The van der Waals surface area contributed by atoms with Gasteiger partial charge < -0.3 is 9.64 Å². The number of rotatable bonds is 5. The van der Waals surface area contributed by atoms with Crippen molar-refractivity contribution >= 4 is 32.7 Å². The summed E-state index contributed by atoms with van der Waals surface area (Å²) in [6.45, 7) is 2.25. The van der Waals surface area contributed by atoms with E-state index in [1.807, 2.05) is 35.2 Å². The van der Waals surface area contributed by atoms with Crippen LogP contribution >= 0.6 is 15.9 Å². The maximum atomic E-state index is 11.5. The number of hydrogen-bond acceptors (Lipinski definition) is 3. The number of carbonyl (C=O) groups is 1. The molecule has 2 aromatic rings. The quantitative estimate of drug-likeness (QED) is 0.777. The van der Waals surface area contributed by atoms with E-state index in [4.69, 9.17) is 4.74 Å². The highest BCUT2D eigenvalue weighted by atomic mass is 79.9. The standard InChI is InChI=1S/C16H17BrN2O2/c17-13-5-6-14-12(11-13)4-7-15(18-14)21-10-2-9-19-8-1-3-16(19)20/h4-7,11H,1-3,8-10H2. The third-order valence-corrected chi connectivity index (χ3v) is 4.11. The summed E-state index contributed by atoms with van der Waals surface area (Å²) in [4.78, 5) is 17.9. The second kappa shape index (κ2) is 6.43. The van der Waals surface area contributed by atoms with Gasteiger partial charge in [0.1, 0.15) is 0 Å². The van der Waals surface area contributed by atoms with E-state index in [0.29, 0.717) is 18.9 Å². The lowest BCUT2D eigenvalue weighted by Gasteiger charge is -2.15. The molecule has 0 N–H and O–H groups in total. The summed E-state index contributed by atoms with van der Waals surface area (Å²) in [5, 5.41) is 1.08. The number of halogens is 1. The van der Waals surface area contributed by atoms with Crippen LogP contribution < -0.4 is 4.74 Å². The van der Waals surface area contributed by atoms with Crippen molar-refractivity contribution in [3.05, 3.63) is 34.8 Å². The zero-order chi connectivity index (χ0) is 14.7. The molecule has 0 aliphatic carbocycles. The number of ether oxygens (including phenoxy) is 1. The van der Waals surface area contributed by atoms with Crippen LogP contribution in [0.4, 0.5) is 0 Å². The highest BCUT2D eigenvalue weighted by Crippen LogP contribution is 2.21. The van der Waals surface area contributed by atoms with Crippen LogP contribution in [0, 0.1) is 0 Å². The molecule has 2 heterocycles. The average Bonchev–Trinajstić information content (AvgIpc) is 2.89. The largest absolute Gasteiger partial charge is 0.478 e. The van der Waals surface area contributed by atoms with Crippen molar-refractivity contribution in [1.29, 1.82) is 0 Å². The molecule has 1 aliphatic heterocycles. The van der Waals surface area contributed by atoms with Gasteiger partial charge in [0, 0.05) is 35.4 Å². The van der Waals surface area contributed by atoms with Crippen molar-refractivity contribution in [2.24, 2.45) is 0 Å². The normalized spacial score (nSPS) is 14.9. The number of pyridine rings is 1. The molecule has 0 radical (unpaired) electrons. The SMILES string of the molecule is O=C1CCCN1CCCOc1ccc2cc(Br)ccc2n1. The molecule has 1 aromatic heterocycles. The van der Waals surface area contributed by atoms with Crippen molar-refractivity contribution in [3.63, 3.8) is 0 Å². The predicted octanol–water partition coefficient (Wildman–Crippen LogP) is 3.39. The van der Waals surface area contributed by atoms with E-state index in [1.54, 1.807) is 0 Å². The fourth-order valence-electron chi connectivity index (χ4n) is 2.53. The van der Waals surface area contributed by atoms with Gasteiger partial charge in [-0.3, -0.25) is 4.79 Å². The maximum absolute atomic E-state index is 11.5. The Labute approximate surface area is 132 Å². The van der Waals surface area contributed by atoms with Crippen LogP contribution in [0.15, 0.2) is 34.8 Å². The Hall–Kier alpha value is -1.62. The van der Waals surface area contributed by atoms with Crippen LogP contribution in [-0.2, 0) is 4.79 Å². The molecule has 1 aliphatic rings. The minimum atomic E-state index is 0.268. The molecule has 1 aromatic carbocycles. The summed E-state index contributed by atoms with van der Waals surface area (Å²) in [6.07, 6.45) is 2.52. The third kappa shape index (κ3) is 3.53. The number of likely N-dealkylation sites (tertiary alicyclic amines) is 1. The lowest BCUT2D eigenvalue weighted by Crippen LogP contribution is -2.26. The van der Waals surface area contributed by atoms with Crippen LogP contribution in [0.5, 0.6) is 5.88 Å². The summed E-state index contributed by atoms with van der Waals surface area (Å²) in [6, 6.07) is 9.86. The second-order valence-corrected chi connectivity index (χ2v) is 6.09. The fraction of sp³-hybridized carbons (Fsp3) is 0.375. The lowest BCUT2D eigenvalue weighted by molar-refractivity contribution is -0.127. The molecule has 1 saturated heterocycles. The molecule has 1 fully saturated rings. The number of fused-ring (bicyclic) bond motifs is 1. The van der Waals surface area contributed by atoms with Crippen LogP contribution in [0.3, 0.4) is 0 Å². The van der Waals surface area contributed by atoms with E-state index in [-0.39, 0.29) is 5.91 Å². The molecular weight excluding hydrogens is 332 g/mol. The molecule has 0 atom stereocenters. The zero-order valence-corrected chi connectivity index (χ0v) is 13.3. The molecule has 5 heteroatoms. The Kier molecular flexibility index (Phi) is 4.39. The topological polar surface area (TPSA) is 42.4 Å². The van der Waals surface area contributed by atoms with Gasteiger partial charge in [-0.05, 0) is 37.1 Å². The van der Waals surface area contributed by atoms with Gasteiger partial charge in [0.05, 0.1) is 12.1 Å². The Morgan fingerprint density at radius 2 is 2.19 bits per heavy atom. The van der Waals surface area contributed by atoms with Crippen LogP contribution in [0.2, 0.25) is 0 Å². The van der Waals surface area contributed by atoms with E-state index in [2.05, 4.69) is 20.9 Å². The first-order valence-corrected chi connectivity index (χ1v) is 7.98. The molecule has 4 nitrogen and oxygen atoms in total.